The van der Waals surface area contributed by atoms with Crippen molar-refractivity contribution < 1.29 is 0 Å². The van der Waals surface area contributed by atoms with Crippen LogP contribution in [0.25, 0.3) is 0 Å². The van der Waals surface area contributed by atoms with Crippen LogP contribution >= 0.6 is 15.9 Å². The predicted molar refractivity (Wildman–Crippen MR) is 68.6 cm³/mol. The summed E-state index contributed by atoms with van der Waals surface area (Å²) in [6, 6.07) is 10.6. The molecular formula is C11H8BrN5. The molecule has 2 rings (SSSR count). The fourth-order valence-corrected chi connectivity index (χ4v) is 1.65. The molecular weight excluding hydrogens is 282 g/mol. The maximum absolute atomic E-state index is 8.67. The SMILES string of the molecule is N#Cc1ccc(Nc2nc(N)cc(Br)n2)cc1. The summed E-state index contributed by atoms with van der Waals surface area (Å²) >= 11 is 3.23. The van der Waals surface area contributed by atoms with Gasteiger partial charge in [-0.15, -0.1) is 0 Å². The number of benzene rings is 1. The number of hydrogen-bond donors (Lipinski definition) is 2. The Morgan fingerprint density at radius 2 is 1.94 bits per heavy atom. The molecule has 17 heavy (non-hydrogen) atoms. The summed E-state index contributed by atoms with van der Waals surface area (Å²) in [4.78, 5) is 8.15. The fraction of sp³-hybridized carbons (Fsp3) is 0. The Bertz CT molecular complexity index is 553. The summed E-state index contributed by atoms with van der Waals surface area (Å²) in [7, 11) is 0. The van der Waals surface area contributed by atoms with Gasteiger partial charge in [0.25, 0.3) is 0 Å². The van der Waals surface area contributed by atoms with Crippen molar-refractivity contribution in [3.8, 4) is 6.07 Å². The highest BCUT2D eigenvalue weighted by Gasteiger charge is 2.01. The first-order chi connectivity index (χ1) is 8.17. The van der Waals surface area contributed by atoms with Crippen LogP contribution in [-0.2, 0) is 0 Å². The van der Waals surface area contributed by atoms with Gasteiger partial charge in [0.05, 0.1) is 11.6 Å². The van der Waals surface area contributed by atoms with Gasteiger partial charge >= 0.3 is 0 Å². The minimum Gasteiger partial charge on any atom is -0.383 e. The second-order valence-corrected chi connectivity index (χ2v) is 4.07. The lowest BCUT2D eigenvalue weighted by atomic mass is 10.2. The molecule has 0 aliphatic rings. The number of hydrogen-bond acceptors (Lipinski definition) is 5. The van der Waals surface area contributed by atoms with Crippen LogP contribution < -0.4 is 11.1 Å². The van der Waals surface area contributed by atoms with E-state index in [-0.39, 0.29) is 0 Å². The van der Waals surface area contributed by atoms with Crippen molar-refractivity contribution >= 4 is 33.4 Å². The lowest BCUT2D eigenvalue weighted by Gasteiger charge is -2.05. The number of nitrogens with zero attached hydrogens (tertiary/aromatic N) is 3. The summed E-state index contributed by atoms with van der Waals surface area (Å²) in [6.07, 6.45) is 0. The molecule has 0 atom stereocenters. The number of rotatable bonds is 2. The largest absolute Gasteiger partial charge is 0.383 e. The molecule has 2 aromatic rings. The highest BCUT2D eigenvalue weighted by molar-refractivity contribution is 9.10. The van der Waals surface area contributed by atoms with Gasteiger partial charge in [0.2, 0.25) is 5.95 Å². The molecule has 0 spiro atoms. The molecule has 0 amide bonds. The van der Waals surface area contributed by atoms with E-state index in [1.54, 1.807) is 30.3 Å². The van der Waals surface area contributed by atoms with E-state index in [9.17, 15) is 0 Å². The monoisotopic (exact) mass is 289 g/mol. The van der Waals surface area contributed by atoms with Crippen molar-refractivity contribution in [2.45, 2.75) is 0 Å². The van der Waals surface area contributed by atoms with Crippen LogP contribution in [0, 0.1) is 11.3 Å². The molecule has 0 fully saturated rings. The average Bonchev–Trinajstić information content (AvgIpc) is 2.28. The number of halogens is 1. The van der Waals surface area contributed by atoms with Crippen LogP contribution in [0.1, 0.15) is 5.56 Å². The van der Waals surface area contributed by atoms with Crippen LogP contribution in [0.15, 0.2) is 34.9 Å². The molecule has 84 valence electrons. The van der Waals surface area contributed by atoms with E-state index in [0.717, 1.165) is 5.69 Å². The molecule has 0 unspecified atom stereocenters. The van der Waals surface area contributed by atoms with Gasteiger partial charge in [-0.25, -0.2) is 4.98 Å². The molecule has 0 aliphatic carbocycles. The van der Waals surface area contributed by atoms with Gasteiger partial charge in [0.1, 0.15) is 10.4 Å². The predicted octanol–water partition coefficient (Wildman–Crippen LogP) is 2.44. The fourth-order valence-electron chi connectivity index (χ4n) is 1.25. The molecule has 1 aromatic carbocycles. The molecule has 1 aromatic heterocycles. The van der Waals surface area contributed by atoms with Crippen LogP contribution in [0.2, 0.25) is 0 Å². The Hall–Kier alpha value is -2.13. The smallest absolute Gasteiger partial charge is 0.230 e. The standard InChI is InChI=1S/C11H8BrN5/c12-9-5-10(14)17-11(16-9)15-8-3-1-7(6-13)2-4-8/h1-5H,(H3,14,15,16,17). The summed E-state index contributed by atoms with van der Waals surface area (Å²) in [6.45, 7) is 0. The molecule has 0 saturated carbocycles. The molecule has 6 heteroatoms. The van der Waals surface area contributed by atoms with Gasteiger partial charge in [0.15, 0.2) is 0 Å². The van der Waals surface area contributed by atoms with Crippen molar-refractivity contribution in [3.63, 3.8) is 0 Å². The average molecular weight is 290 g/mol. The van der Waals surface area contributed by atoms with Crippen molar-refractivity contribution in [1.82, 2.24) is 9.97 Å². The molecule has 0 aliphatic heterocycles. The van der Waals surface area contributed by atoms with Crippen molar-refractivity contribution in [2.24, 2.45) is 0 Å². The zero-order chi connectivity index (χ0) is 12.3. The second kappa shape index (κ2) is 4.80. The molecule has 1 heterocycles. The topological polar surface area (TPSA) is 87.6 Å². The Balaban J connectivity index is 2.22. The van der Waals surface area contributed by atoms with E-state index in [4.69, 9.17) is 11.0 Å². The number of anilines is 3. The zero-order valence-electron chi connectivity index (χ0n) is 8.68. The zero-order valence-corrected chi connectivity index (χ0v) is 10.3. The van der Waals surface area contributed by atoms with Crippen LogP contribution in [0.5, 0.6) is 0 Å². The number of nitrogens with two attached hydrogens (primary N) is 1. The third-order valence-electron chi connectivity index (χ3n) is 1.98. The lowest BCUT2D eigenvalue weighted by Crippen LogP contribution is -2.00. The molecule has 0 bridgehead atoms. The van der Waals surface area contributed by atoms with E-state index < -0.39 is 0 Å². The summed E-state index contributed by atoms with van der Waals surface area (Å²) in [5, 5.41) is 11.7. The van der Waals surface area contributed by atoms with E-state index in [0.29, 0.717) is 21.9 Å². The van der Waals surface area contributed by atoms with Gasteiger partial charge in [0, 0.05) is 11.8 Å². The molecule has 5 nitrogen and oxygen atoms in total. The van der Waals surface area contributed by atoms with Gasteiger partial charge in [-0.1, -0.05) is 0 Å². The van der Waals surface area contributed by atoms with E-state index >= 15 is 0 Å². The van der Waals surface area contributed by atoms with Gasteiger partial charge < -0.3 is 11.1 Å². The first kappa shape index (κ1) is 11.4. The van der Waals surface area contributed by atoms with E-state index in [1.165, 1.54) is 0 Å². The Labute approximate surface area is 106 Å². The highest BCUT2D eigenvalue weighted by Crippen LogP contribution is 2.17. The molecule has 0 radical (unpaired) electrons. The molecule has 3 N–H and O–H groups in total. The summed E-state index contributed by atoms with van der Waals surface area (Å²) < 4.78 is 0.612. The van der Waals surface area contributed by atoms with Crippen LogP contribution in [-0.4, -0.2) is 9.97 Å². The van der Waals surface area contributed by atoms with Gasteiger partial charge in [-0.05, 0) is 40.2 Å². The van der Waals surface area contributed by atoms with Gasteiger partial charge in [-0.2, -0.15) is 10.2 Å². The molecule has 0 saturated heterocycles. The Kier molecular flexibility index (Phi) is 3.21. The first-order valence-corrected chi connectivity index (χ1v) is 5.54. The van der Waals surface area contributed by atoms with E-state index in [2.05, 4.69) is 31.2 Å². The van der Waals surface area contributed by atoms with Crippen LogP contribution in [0.3, 0.4) is 0 Å². The van der Waals surface area contributed by atoms with Crippen LogP contribution in [0.4, 0.5) is 17.5 Å². The Morgan fingerprint density at radius 1 is 1.24 bits per heavy atom. The second-order valence-electron chi connectivity index (χ2n) is 3.25. The summed E-state index contributed by atoms with van der Waals surface area (Å²) in [5.74, 6) is 0.782. The van der Waals surface area contributed by atoms with Crippen molar-refractivity contribution in [3.05, 3.63) is 40.5 Å². The minimum absolute atomic E-state index is 0.378. The first-order valence-electron chi connectivity index (χ1n) is 4.74. The maximum atomic E-state index is 8.67. The minimum atomic E-state index is 0.378. The highest BCUT2D eigenvalue weighted by atomic mass is 79.9. The maximum Gasteiger partial charge on any atom is 0.230 e. The van der Waals surface area contributed by atoms with E-state index in [1.807, 2.05) is 6.07 Å². The lowest BCUT2D eigenvalue weighted by molar-refractivity contribution is 1.15. The van der Waals surface area contributed by atoms with Crippen molar-refractivity contribution in [2.75, 3.05) is 11.1 Å². The number of nitrogens with one attached hydrogen (secondary N) is 1. The Morgan fingerprint density at radius 3 is 2.53 bits per heavy atom. The quantitative estimate of drug-likeness (QED) is 0.829. The number of nitrogen functional groups attached to an aromatic ring is 1. The normalized spacial score (nSPS) is 9.65. The van der Waals surface area contributed by atoms with Gasteiger partial charge in [-0.3, -0.25) is 0 Å². The number of aromatic nitrogens is 2. The number of nitriles is 1. The third kappa shape index (κ3) is 2.92. The summed E-state index contributed by atoms with van der Waals surface area (Å²) in [5.41, 5.74) is 6.99. The third-order valence-corrected chi connectivity index (χ3v) is 2.39. The van der Waals surface area contributed by atoms with Crippen molar-refractivity contribution in [1.29, 1.82) is 5.26 Å².